The van der Waals surface area contributed by atoms with E-state index in [1.165, 1.54) is 16.9 Å². The molecular weight excluding hydrogens is 274 g/mol. The first-order valence-corrected chi connectivity index (χ1v) is 7.44. The van der Waals surface area contributed by atoms with Crippen molar-refractivity contribution < 1.29 is 9.53 Å². The van der Waals surface area contributed by atoms with E-state index in [1.807, 2.05) is 20.8 Å². The molecule has 1 aromatic heterocycles. The molecule has 4 N–H and O–H groups in total. The van der Waals surface area contributed by atoms with E-state index < -0.39 is 0 Å². The Labute approximate surface area is 124 Å². The zero-order chi connectivity index (χ0) is 15.1. The van der Waals surface area contributed by atoms with Crippen LogP contribution in [0.4, 0.5) is 10.7 Å². The minimum atomic E-state index is -0.150. The quantitative estimate of drug-likeness (QED) is 0.676. The van der Waals surface area contributed by atoms with Crippen LogP contribution >= 0.6 is 11.3 Å². The van der Waals surface area contributed by atoms with Crippen LogP contribution in [0.3, 0.4) is 0 Å². The summed E-state index contributed by atoms with van der Waals surface area (Å²) in [5, 5.41) is 6.83. The minimum absolute atomic E-state index is 0.150. The highest BCUT2D eigenvalue weighted by atomic mass is 32.1. The molecule has 6 heteroatoms. The number of carbonyl (C=O) groups is 1. The molecule has 0 aliphatic rings. The van der Waals surface area contributed by atoms with Gasteiger partial charge in [0.05, 0.1) is 7.11 Å². The molecule has 0 aliphatic carbocycles. The van der Waals surface area contributed by atoms with Gasteiger partial charge in [0.25, 0.3) is 5.91 Å². The summed E-state index contributed by atoms with van der Waals surface area (Å²) in [6, 6.07) is 0. The third-order valence-electron chi connectivity index (χ3n) is 2.62. The molecule has 1 amide bonds. The van der Waals surface area contributed by atoms with Gasteiger partial charge in [0, 0.05) is 13.1 Å². The number of anilines is 2. The Morgan fingerprint density at radius 1 is 1.45 bits per heavy atom. The van der Waals surface area contributed by atoms with Crippen molar-refractivity contribution >= 4 is 27.9 Å². The second-order valence-electron chi connectivity index (χ2n) is 4.63. The molecule has 0 aliphatic heterocycles. The van der Waals surface area contributed by atoms with Crippen molar-refractivity contribution in [2.75, 3.05) is 31.2 Å². The first kappa shape index (κ1) is 16.4. The Bertz CT molecular complexity index is 491. The average Bonchev–Trinajstić information content (AvgIpc) is 2.72. The van der Waals surface area contributed by atoms with Gasteiger partial charge >= 0.3 is 0 Å². The van der Waals surface area contributed by atoms with Gasteiger partial charge in [-0.25, -0.2) is 0 Å². The summed E-state index contributed by atoms with van der Waals surface area (Å²) in [6.07, 6.45) is 2.95. The topological polar surface area (TPSA) is 76.4 Å². The Morgan fingerprint density at radius 3 is 2.70 bits per heavy atom. The highest BCUT2D eigenvalue weighted by Gasteiger charge is 2.21. The van der Waals surface area contributed by atoms with Crippen LogP contribution in [0.1, 0.15) is 36.9 Å². The van der Waals surface area contributed by atoms with Crippen LogP contribution in [0, 0.1) is 0 Å². The van der Waals surface area contributed by atoms with Crippen LogP contribution in [-0.2, 0) is 0 Å². The van der Waals surface area contributed by atoms with Crippen molar-refractivity contribution in [3.05, 3.63) is 16.5 Å². The maximum Gasteiger partial charge on any atom is 0.263 e. The predicted octanol–water partition coefficient (Wildman–Crippen LogP) is 2.86. The first-order chi connectivity index (χ1) is 9.51. The normalized spacial score (nSPS) is 10.0. The van der Waals surface area contributed by atoms with Crippen molar-refractivity contribution in [1.82, 2.24) is 5.32 Å². The number of nitrogens with one attached hydrogen (secondary N) is 2. The maximum atomic E-state index is 12.0. The van der Waals surface area contributed by atoms with Crippen LogP contribution in [0.25, 0.3) is 0 Å². The lowest BCUT2D eigenvalue weighted by Gasteiger charge is -2.04. The summed E-state index contributed by atoms with van der Waals surface area (Å²) in [4.78, 5) is 12.5. The number of rotatable bonds is 7. The molecule has 0 spiro atoms. The zero-order valence-electron chi connectivity index (χ0n) is 12.5. The third-order valence-corrected chi connectivity index (χ3v) is 3.76. The van der Waals surface area contributed by atoms with Gasteiger partial charge in [0.1, 0.15) is 15.6 Å². The number of ether oxygens (including phenoxy) is 1. The molecule has 0 radical (unpaired) electrons. The smallest absolute Gasteiger partial charge is 0.263 e. The highest BCUT2D eigenvalue weighted by molar-refractivity contribution is 7.19. The second-order valence-corrected chi connectivity index (χ2v) is 5.65. The fraction of sp³-hybridized carbons (Fsp3) is 0.500. The molecule has 1 aromatic rings. The molecule has 0 fully saturated rings. The summed E-state index contributed by atoms with van der Waals surface area (Å²) < 4.78 is 5.29. The Morgan fingerprint density at radius 2 is 2.15 bits per heavy atom. The van der Waals surface area contributed by atoms with Crippen molar-refractivity contribution in [2.24, 2.45) is 0 Å². The fourth-order valence-corrected chi connectivity index (χ4v) is 2.60. The van der Waals surface area contributed by atoms with Gasteiger partial charge in [0.2, 0.25) is 0 Å². The lowest BCUT2D eigenvalue weighted by molar-refractivity contribution is 0.0958. The van der Waals surface area contributed by atoms with Gasteiger partial charge in [-0.1, -0.05) is 18.6 Å². The summed E-state index contributed by atoms with van der Waals surface area (Å²) in [5.41, 5.74) is 7.61. The predicted molar refractivity (Wildman–Crippen MR) is 85.8 cm³/mol. The van der Waals surface area contributed by atoms with Gasteiger partial charge in [-0.15, -0.1) is 11.3 Å². The van der Waals surface area contributed by atoms with E-state index in [-0.39, 0.29) is 5.91 Å². The number of amides is 1. The molecule has 0 bridgehead atoms. The van der Waals surface area contributed by atoms with Crippen molar-refractivity contribution in [2.45, 2.75) is 27.2 Å². The molecule has 0 saturated carbocycles. The van der Waals surface area contributed by atoms with E-state index in [0.717, 1.165) is 11.4 Å². The van der Waals surface area contributed by atoms with Crippen LogP contribution < -0.4 is 21.1 Å². The molecule has 0 aromatic carbocycles. The number of hydrogen-bond donors (Lipinski definition) is 3. The van der Waals surface area contributed by atoms with Gasteiger partial charge in [-0.05, 0) is 20.3 Å². The Kier molecular flexibility index (Phi) is 6.38. The van der Waals surface area contributed by atoms with Crippen LogP contribution in [0.2, 0.25) is 0 Å². The summed E-state index contributed by atoms with van der Waals surface area (Å²) in [6.45, 7) is 7.38. The van der Waals surface area contributed by atoms with Gasteiger partial charge in [-0.2, -0.15) is 0 Å². The van der Waals surface area contributed by atoms with Crippen LogP contribution in [0.15, 0.2) is 11.6 Å². The van der Waals surface area contributed by atoms with E-state index >= 15 is 0 Å². The van der Waals surface area contributed by atoms with Gasteiger partial charge in [-0.3, -0.25) is 4.79 Å². The molecule has 1 heterocycles. The molecular formula is C14H23N3O2S. The minimum Gasteiger partial charge on any atom is -0.492 e. The summed E-state index contributed by atoms with van der Waals surface area (Å²) in [5.74, 6) is 0.390. The average molecular weight is 297 g/mol. The zero-order valence-corrected chi connectivity index (χ0v) is 13.3. The number of hydrogen-bond acceptors (Lipinski definition) is 5. The standard InChI is InChI=1S/C14H23N3O2S/c1-5-7-16-13(18)12-10(15)11(19-4)14(20-12)17-8-6-9(2)3/h6,17H,5,7-8,15H2,1-4H3,(H,16,18). The molecule has 0 atom stereocenters. The fourth-order valence-electron chi connectivity index (χ4n) is 1.58. The van der Waals surface area contributed by atoms with Gasteiger partial charge in [0.15, 0.2) is 5.75 Å². The molecule has 5 nitrogen and oxygen atoms in total. The number of carbonyl (C=O) groups excluding carboxylic acids is 1. The molecule has 0 saturated heterocycles. The Hall–Kier alpha value is -1.69. The second kappa shape index (κ2) is 7.79. The SMILES string of the molecule is CCCNC(=O)c1sc(NCC=C(C)C)c(OC)c1N. The van der Waals surface area contributed by atoms with Gasteiger partial charge < -0.3 is 21.1 Å². The number of thiophene rings is 1. The molecule has 1 rings (SSSR count). The molecule has 112 valence electrons. The lowest BCUT2D eigenvalue weighted by atomic mass is 10.3. The van der Waals surface area contributed by atoms with E-state index in [0.29, 0.717) is 29.4 Å². The monoisotopic (exact) mass is 297 g/mol. The van der Waals surface area contributed by atoms with Crippen molar-refractivity contribution in [3.63, 3.8) is 0 Å². The van der Waals surface area contributed by atoms with Crippen molar-refractivity contribution in [3.8, 4) is 5.75 Å². The van der Waals surface area contributed by atoms with E-state index in [1.54, 1.807) is 7.11 Å². The lowest BCUT2D eigenvalue weighted by Crippen LogP contribution is -2.23. The molecule has 20 heavy (non-hydrogen) atoms. The Balaban J connectivity index is 2.90. The number of methoxy groups -OCH3 is 1. The largest absolute Gasteiger partial charge is 0.492 e. The number of nitrogen functional groups attached to an aromatic ring is 1. The number of allylic oxidation sites excluding steroid dienone is 1. The van der Waals surface area contributed by atoms with E-state index in [2.05, 4.69) is 16.7 Å². The highest BCUT2D eigenvalue weighted by Crippen LogP contribution is 2.42. The first-order valence-electron chi connectivity index (χ1n) is 6.62. The summed E-state index contributed by atoms with van der Waals surface area (Å²) >= 11 is 1.32. The van der Waals surface area contributed by atoms with Crippen LogP contribution in [-0.4, -0.2) is 26.1 Å². The summed E-state index contributed by atoms with van der Waals surface area (Å²) in [7, 11) is 1.55. The maximum absolute atomic E-state index is 12.0. The molecule has 0 unspecified atom stereocenters. The van der Waals surface area contributed by atoms with E-state index in [4.69, 9.17) is 10.5 Å². The third kappa shape index (κ3) is 4.16. The van der Waals surface area contributed by atoms with E-state index in [9.17, 15) is 4.79 Å². The van der Waals surface area contributed by atoms with Crippen LogP contribution in [0.5, 0.6) is 5.75 Å². The number of nitrogens with two attached hydrogens (primary N) is 1. The van der Waals surface area contributed by atoms with Crippen molar-refractivity contribution in [1.29, 1.82) is 0 Å².